The van der Waals surface area contributed by atoms with E-state index in [2.05, 4.69) is 10.2 Å². The molecule has 216 valence electrons. The minimum Gasteiger partial charge on any atom is -0.385 e. The molecule has 41 heavy (non-hydrogen) atoms. The number of rotatable bonds is 11. The Morgan fingerprint density at radius 3 is 2.46 bits per heavy atom. The van der Waals surface area contributed by atoms with Gasteiger partial charge in [-0.1, -0.05) is 18.6 Å². The number of fused-ring (bicyclic) bond motifs is 1. The molecular formula is C31H36N4O4S2. The summed E-state index contributed by atoms with van der Waals surface area (Å²) in [6, 6.07) is 16.0. The molecule has 0 bridgehead atoms. The van der Waals surface area contributed by atoms with Crippen LogP contribution in [0.2, 0.25) is 0 Å². The second kappa shape index (κ2) is 12.7. The summed E-state index contributed by atoms with van der Waals surface area (Å²) < 4.78 is 26.9. The average Bonchev–Trinajstić information content (AvgIpc) is 3.39. The van der Waals surface area contributed by atoms with Crippen LogP contribution in [-0.2, 0) is 21.1 Å². The minimum atomic E-state index is -3.65. The van der Waals surface area contributed by atoms with E-state index < -0.39 is 15.6 Å². The number of hydrogen-bond acceptors (Lipinski definition) is 8. The Bertz CT molecular complexity index is 1700. The van der Waals surface area contributed by atoms with Crippen molar-refractivity contribution in [3.8, 4) is 5.69 Å². The molecule has 2 aromatic heterocycles. The van der Waals surface area contributed by atoms with Gasteiger partial charge < -0.3 is 10.2 Å². The molecule has 0 atom stereocenters. The van der Waals surface area contributed by atoms with Crippen molar-refractivity contribution in [2.45, 2.75) is 50.2 Å². The number of nitrogens with zero attached hydrogens (tertiary/aromatic N) is 3. The molecule has 0 saturated carbocycles. The van der Waals surface area contributed by atoms with Gasteiger partial charge in [0, 0.05) is 23.5 Å². The van der Waals surface area contributed by atoms with E-state index in [9.17, 15) is 18.0 Å². The van der Waals surface area contributed by atoms with Gasteiger partial charge in [-0.25, -0.2) is 13.4 Å². The maximum absolute atomic E-state index is 13.4. The van der Waals surface area contributed by atoms with Gasteiger partial charge in [-0.2, -0.15) is 0 Å². The number of nitrogens with one attached hydrogen (secondary N) is 1. The predicted octanol–water partition coefficient (Wildman–Crippen LogP) is 4.94. The number of thiophene rings is 1. The van der Waals surface area contributed by atoms with Gasteiger partial charge in [0.2, 0.25) is 0 Å². The van der Waals surface area contributed by atoms with Crippen molar-refractivity contribution in [3.63, 3.8) is 0 Å². The van der Waals surface area contributed by atoms with Crippen LogP contribution in [-0.4, -0.2) is 60.6 Å². The third kappa shape index (κ3) is 7.12. The van der Waals surface area contributed by atoms with Gasteiger partial charge in [0.25, 0.3) is 5.56 Å². The van der Waals surface area contributed by atoms with Gasteiger partial charge in [-0.15, -0.1) is 11.3 Å². The largest absolute Gasteiger partial charge is 0.385 e. The van der Waals surface area contributed by atoms with Crippen LogP contribution in [0, 0.1) is 13.8 Å². The second-order valence-electron chi connectivity index (χ2n) is 10.7. The van der Waals surface area contributed by atoms with Crippen LogP contribution in [0.3, 0.4) is 0 Å². The van der Waals surface area contributed by atoms with Crippen LogP contribution >= 0.6 is 11.3 Å². The molecule has 2 aromatic carbocycles. The van der Waals surface area contributed by atoms with Crippen molar-refractivity contribution in [3.05, 3.63) is 81.2 Å². The molecule has 1 aliphatic rings. The van der Waals surface area contributed by atoms with Gasteiger partial charge in [-0.05, 0) is 101 Å². The number of carbonyl (C=O) groups excluding carboxylic acids is 1. The molecule has 5 rings (SSSR count). The molecule has 10 heteroatoms. The fraction of sp³-hybridized carbons (Fsp3) is 0.387. The van der Waals surface area contributed by atoms with Crippen LogP contribution in [0.1, 0.15) is 41.9 Å². The Labute approximate surface area is 245 Å². The van der Waals surface area contributed by atoms with Gasteiger partial charge in [0.05, 0.1) is 16.6 Å². The van der Waals surface area contributed by atoms with Crippen molar-refractivity contribution in [1.82, 2.24) is 14.5 Å². The number of aromatic nitrogens is 2. The first-order valence-electron chi connectivity index (χ1n) is 14.1. The summed E-state index contributed by atoms with van der Waals surface area (Å²) in [5, 5.41) is 4.00. The number of aryl methyl sites for hydroxylation is 2. The van der Waals surface area contributed by atoms with E-state index in [-0.39, 0.29) is 22.0 Å². The quantitative estimate of drug-likeness (QED) is 0.246. The van der Waals surface area contributed by atoms with Crippen molar-refractivity contribution < 1.29 is 13.2 Å². The van der Waals surface area contributed by atoms with Crippen LogP contribution in [0.4, 0.5) is 5.69 Å². The van der Waals surface area contributed by atoms with Gasteiger partial charge in [0.15, 0.2) is 15.6 Å². The summed E-state index contributed by atoms with van der Waals surface area (Å²) >= 11 is 1.17. The summed E-state index contributed by atoms with van der Waals surface area (Å²) in [5.74, 6) is -0.344. The van der Waals surface area contributed by atoms with E-state index in [1.807, 2.05) is 25.1 Å². The lowest BCUT2D eigenvalue weighted by molar-refractivity contribution is -0.116. The van der Waals surface area contributed by atoms with E-state index >= 15 is 0 Å². The molecule has 1 fully saturated rings. The molecule has 1 saturated heterocycles. The van der Waals surface area contributed by atoms with E-state index in [1.165, 1.54) is 43.7 Å². The molecule has 4 aromatic rings. The number of ketones is 1. The van der Waals surface area contributed by atoms with E-state index in [4.69, 9.17) is 4.98 Å². The molecule has 8 nitrogen and oxygen atoms in total. The first kappa shape index (κ1) is 29.2. The molecule has 0 aliphatic carbocycles. The highest BCUT2D eigenvalue weighted by Crippen LogP contribution is 2.23. The summed E-state index contributed by atoms with van der Waals surface area (Å²) in [7, 11) is -3.65. The number of piperidine rings is 1. The maximum Gasteiger partial charge on any atom is 0.265 e. The third-order valence-corrected chi connectivity index (χ3v) is 10.7. The SMILES string of the molecule is Cc1ccc(S(=O)(=O)CC(=O)Cc2ccc(-n3c(C)nc4cc(NCCCN5CCCCC5)ccc4c3=O)cc2)s1. The van der Waals surface area contributed by atoms with E-state index in [0.717, 1.165) is 30.1 Å². The predicted molar refractivity (Wildman–Crippen MR) is 165 cm³/mol. The summed E-state index contributed by atoms with van der Waals surface area (Å²) in [6.45, 7) is 8.00. The smallest absolute Gasteiger partial charge is 0.265 e. The third-order valence-electron chi connectivity index (χ3n) is 7.44. The van der Waals surface area contributed by atoms with Gasteiger partial charge in [-0.3, -0.25) is 14.2 Å². The molecule has 1 aliphatic heterocycles. The van der Waals surface area contributed by atoms with Gasteiger partial charge in [0.1, 0.15) is 15.8 Å². The Morgan fingerprint density at radius 2 is 1.76 bits per heavy atom. The molecule has 0 radical (unpaired) electrons. The van der Waals surface area contributed by atoms with E-state index in [1.54, 1.807) is 47.9 Å². The second-order valence-corrected chi connectivity index (χ2v) is 14.2. The topological polar surface area (TPSA) is 101 Å². The highest BCUT2D eigenvalue weighted by molar-refractivity contribution is 7.94. The van der Waals surface area contributed by atoms with Crippen molar-refractivity contribution >= 4 is 43.5 Å². The Kier molecular flexibility index (Phi) is 9.01. The minimum absolute atomic E-state index is 0.00151. The number of Topliss-reactive ketones (excluding diaryl/α,β-unsaturated/α-hetero) is 1. The first-order valence-corrected chi connectivity index (χ1v) is 16.6. The fourth-order valence-corrected chi connectivity index (χ4v) is 7.95. The molecule has 1 N–H and O–H groups in total. The van der Waals surface area contributed by atoms with Gasteiger partial charge >= 0.3 is 0 Å². The van der Waals surface area contributed by atoms with Crippen LogP contribution < -0.4 is 10.9 Å². The number of carbonyl (C=O) groups is 1. The number of sulfone groups is 1. The molecule has 3 heterocycles. The summed E-state index contributed by atoms with van der Waals surface area (Å²) in [4.78, 5) is 34.1. The van der Waals surface area contributed by atoms with Crippen LogP contribution in [0.5, 0.6) is 0 Å². The van der Waals surface area contributed by atoms with Crippen LogP contribution in [0.25, 0.3) is 16.6 Å². The number of hydrogen-bond donors (Lipinski definition) is 1. The number of anilines is 1. The summed E-state index contributed by atoms with van der Waals surface area (Å²) in [6.07, 6.45) is 5.01. The monoisotopic (exact) mass is 592 g/mol. The highest BCUT2D eigenvalue weighted by Gasteiger charge is 2.21. The lowest BCUT2D eigenvalue weighted by Crippen LogP contribution is -2.31. The first-order chi connectivity index (χ1) is 19.7. The zero-order valence-corrected chi connectivity index (χ0v) is 25.2. The molecular weight excluding hydrogens is 556 g/mol. The zero-order valence-electron chi connectivity index (χ0n) is 23.6. The normalized spacial score (nSPS) is 14.4. The lowest BCUT2D eigenvalue weighted by Gasteiger charge is -2.26. The molecule has 0 unspecified atom stereocenters. The maximum atomic E-state index is 13.4. The zero-order chi connectivity index (χ0) is 29.0. The molecule has 0 spiro atoms. The molecule has 0 amide bonds. The fourth-order valence-electron chi connectivity index (χ4n) is 5.33. The summed E-state index contributed by atoms with van der Waals surface area (Å²) in [5.41, 5.74) is 2.76. The Hall–Kier alpha value is -3.34. The standard InChI is InChI=1S/C31H36N4O4S2/c1-22-7-14-30(40-22)41(38,39)21-27(36)19-24-8-11-26(12-9-24)35-23(2)33-29-20-25(10-13-28(29)31(35)37)32-15-6-18-34-16-4-3-5-17-34/h7-14,20,32H,3-6,15-19,21H2,1-2H3. The lowest BCUT2D eigenvalue weighted by atomic mass is 10.1. The van der Waals surface area contributed by atoms with Crippen molar-refractivity contribution in [2.24, 2.45) is 0 Å². The Morgan fingerprint density at radius 1 is 1.00 bits per heavy atom. The Balaban J connectivity index is 1.24. The highest BCUT2D eigenvalue weighted by atomic mass is 32.2. The number of benzene rings is 2. The van der Waals surface area contributed by atoms with Crippen LogP contribution in [0.15, 0.2) is 63.6 Å². The van der Waals surface area contributed by atoms with Crippen molar-refractivity contribution in [1.29, 1.82) is 0 Å². The number of likely N-dealkylation sites (tertiary alicyclic amines) is 1. The average molecular weight is 593 g/mol. The van der Waals surface area contributed by atoms with Crippen molar-refractivity contribution in [2.75, 3.05) is 37.2 Å². The van der Waals surface area contributed by atoms with E-state index in [0.29, 0.717) is 28.0 Å².